The molecule has 1 aliphatic rings. The number of hydrogen-bond donors (Lipinski definition) is 2. The van der Waals surface area contributed by atoms with Crippen molar-refractivity contribution in [3.8, 4) is 33.8 Å². The predicted molar refractivity (Wildman–Crippen MR) is 135 cm³/mol. The molecule has 7 nitrogen and oxygen atoms in total. The van der Waals surface area contributed by atoms with Gasteiger partial charge in [0.2, 0.25) is 0 Å². The Morgan fingerprint density at radius 1 is 0.971 bits per heavy atom. The second-order valence-corrected chi connectivity index (χ2v) is 7.88. The fourth-order valence-electron chi connectivity index (χ4n) is 4.24. The van der Waals surface area contributed by atoms with Crippen LogP contribution in [-0.4, -0.2) is 48.1 Å². The van der Waals surface area contributed by atoms with Crippen molar-refractivity contribution in [3.63, 3.8) is 0 Å². The molecule has 2 aromatic carbocycles. The Morgan fingerprint density at radius 3 is 2.56 bits per heavy atom. The number of pyridine rings is 1. The summed E-state index contributed by atoms with van der Waals surface area (Å²) in [5.41, 5.74) is 11.2. The lowest BCUT2D eigenvalue weighted by Gasteiger charge is -2.30. The number of nitrogens with one attached hydrogen (secondary N) is 1. The van der Waals surface area contributed by atoms with Crippen LogP contribution in [0, 0.1) is 5.82 Å². The summed E-state index contributed by atoms with van der Waals surface area (Å²) in [6, 6.07) is 16.2. The van der Waals surface area contributed by atoms with E-state index in [1.807, 2.05) is 18.2 Å². The number of piperazine rings is 1. The number of benzene rings is 2. The number of anilines is 2. The molecule has 34 heavy (non-hydrogen) atoms. The normalized spacial score (nSPS) is 13.4. The zero-order chi connectivity index (χ0) is 22.8. The van der Waals surface area contributed by atoms with Gasteiger partial charge in [0.1, 0.15) is 17.4 Å². The highest BCUT2D eigenvalue weighted by atomic mass is 35.5. The van der Waals surface area contributed by atoms with Gasteiger partial charge in [-0.3, -0.25) is 0 Å². The van der Waals surface area contributed by atoms with E-state index in [9.17, 15) is 4.39 Å². The third kappa shape index (κ3) is 4.55. The van der Waals surface area contributed by atoms with E-state index < -0.39 is 0 Å². The van der Waals surface area contributed by atoms with Crippen molar-refractivity contribution in [1.29, 1.82) is 0 Å². The lowest BCUT2D eigenvalue weighted by atomic mass is 9.98. The average molecular weight is 481 g/mol. The number of nitrogen functional groups attached to an aromatic ring is 1. The Hall–Kier alpha value is -3.62. The summed E-state index contributed by atoms with van der Waals surface area (Å²) < 4.78 is 21.4. The maximum Gasteiger partial charge on any atom is 0.128 e. The van der Waals surface area contributed by atoms with Crippen LogP contribution in [0.25, 0.3) is 28.1 Å². The fourth-order valence-corrected chi connectivity index (χ4v) is 4.24. The number of halogens is 2. The third-order valence-corrected chi connectivity index (χ3v) is 5.85. The highest BCUT2D eigenvalue weighted by molar-refractivity contribution is 5.87. The second-order valence-electron chi connectivity index (χ2n) is 7.88. The zero-order valence-corrected chi connectivity index (χ0v) is 19.6. The van der Waals surface area contributed by atoms with Gasteiger partial charge in [0.05, 0.1) is 24.7 Å². The van der Waals surface area contributed by atoms with E-state index in [-0.39, 0.29) is 18.2 Å². The molecule has 176 valence electrons. The van der Waals surface area contributed by atoms with Crippen molar-refractivity contribution in [3.05, 3.63) is 72.8 Å². The molecule has 0 unspecified atom stereocenters. The van der Waals surface area contributed by atoms with Crippen molar-refractivity contribution in [1.82, 2.24) is 20.1 Å². The molecule has 0 aliphatic carbocycles. The standard InChI is InChI=1S/C25H25FN6O.ClH/c1-33-24-14-18(31-11-9-28-10-12-31)5-6-20(24)22-16-29-25(27)15-21(22)23-7-8-30-32(23)19-4-2-3-17(26)13-19;/h2-8,13-16,28H,9-12H2,1H3,(H2,27,29);1H. The molecule has 5 rings (SSSR count). The SMILES string of the molecule is COc1cc(N2CCNCC2)ccc1-c1cnc(N)cc1-c1ccnn1-c1cccc(F)c1.Cl. The summed E-state index contributed by atoms with van der Waals surface area (Å²) in [5.74, 6) is 0.807. The van der Waals surface area contributed by atoms with E-state index in [1.54, 1.807) is 30.3 Å². The zero-order valence-electron chi connectivity index (χ0n) is 18.7. The molecule has 1 aliphatic heterocycles. The summed E-state index contributed by atoms with van der Waals surface area (Å²) in [4.78, 5) is 6.68. The largest absolute Gasteiger partial charge is 0.496 e. The van der Waals surface area contributed by atoms with Gasteiger partial charge < -0.3 is 20.7 Å². The van der Waals surface area contributed by atoms with Gasteiger partial charge in [-0.15, -0.1) is 12.4 Å². The summed E-state index contributed by atoms with van der Waals surface area (Å²) in [5, 5.41) is 7.81. The Balaban J connectivity index is 0.00000274. The molecular weight excluding hydrogens is 455 g/mol. The van der Waals surface area contributed by atoms with Crippen LogP contribution >= 0.6 is 12.4 Å². The number of hydrogen-bond acceptors (Lipinski definition) is 6. The first-order valence-corrected chi connectivity index (χ1v) is 10.8. The smallest absolute Gasteiger partial charge is 0.128 e. The Labute approximate surface area is 203 Å². The molecule has 0 bridgehead atoms. The number of rotatable bonds is 5. The quantitative estimate of drug-likeness (QED) is 0.446. The Morgan fingerprint density at radius 2 is 1.79 bits per heavy atom. The molecule has 1 saturated heterocycles. The summed E-state index contributed by atoms with van der Waals surface area (Å²) in [6.45, 7) is 3.81. The van der Waals surface area contributed by atoms with Gasteiger partial charge in [0.25, 0.3) is 0 Å². The van der Waals surface area contributed by atoms with Crippen LogP contribution in [0.2, 0.25) is 0 Å². The van der Waals surface area contributed by atoms with E-state index in [1.165, 1.54) is 12.1 Å². The minimum Gasteiger partial charge on any atom is -0.496 e. The van der Waals surface area contributed by atoms with Crippen molar-refractivity contribution in [2.75, 3.05) is 43.9 Å². The number of nitrogens with two attached hydrogens (primary N) is 1. The first-order valence-electron chi connectivity index (χ1n) is 10.8. The third-order valence-electron chi connectivity index (χ3n) is 5.85. The van der Waals surface area contributed by atoms with Crippen molar-refractivity contribution >= 4 is 23.9 Å². The van der Waals surface area contributed by atoms with Gasteiger partial charge in [-0.05, 0) is 42.5 Å². The molecule has 0 amide bonds. The minimum absolute atomic E-state index is 0. The van der Waals surface area contributed by atoms with E-state index in [2.05, 4.69) is 38.5 Å². The minimum atomic E-state index is -0.325. The molecule has 3 heterocycles. The maximum atomic E-state index is 13.9. The molecular formula is C25H26ClFN6O. The van der Waals surface area contributed by atoms with E-state index in [4.69, 9.17) is 10.5 Å². The van der Waals surface area contributed by atoms with Crippen LogP contribution in [-0.2, 0) is 0 Å². The van der Waals surface area contributed by atoms with Gasteiger partial charge >= 0.3 is 0 Å². The van der Waals surface area contributed by atoms with Gasteiger partial charge in [-0.25, -0.2) is 14.1 Å². The summed E-state index contributed by atoms with van der Waals surface area (Å²) in [6.07, 6.45) is 3.43. The highest BCUT2D eigenvalue weighted by Gasteiger charge is 2.19. The van der Waals surface area contributed by atoms with Crippen molar-refractivity contribution in [2.24, 2.45) is 0 Å². The summed E-state index contributed by atoms with van der Waals surface area (Å²) in [7, 11) is 1.67. The van der Waals surface area contributed by atoms with Gasteiger partial charge in [-0.1, -0.05) is 6.07 Å². The van der Waals surface area contributed by atoms with Gasteiger partial charge in [0.15, 0.2) is 0 Å². The van der Waals surface area contributed by atoms with Crippen molar-refractivity contribution in [2.45, 2.75) is 0 Å². The number of methoxy groups -OCH3 is 1. The van der Waals surface area contributed by atoms with Crippen molar-refractivity contribution < 1.29 is 9.13 Å². The average Bonchev–Trinajstić information content (AvgIpc) is 3.34. The first-order chi connectivity index (χ1) is 16.1. The fraction of sp³-hybridized carbons (Fsp3) is 0.200. The van der Waals surface area contributed by atoms with Gasteiger partial charge in [0, 0.05) is 60.8 Å². The molecule has 0 saturated carbocycles. The molecule has 0 radical (unpaired) electrons. The summed E-state index contributed by atoms with van der Waals surface area (Å²) >= 11 is 0. The Kier molecular flexibility index (Phi) is 7.00. The maximum absolute atomic E-state index is 13.9. The van der Waals surface area contributed by atoms with Crippen LogP contribution in [0.1, 0.15) is 0 Å². The van der Waals surface area contributed by atoms with E-state index in [0.29, 0.717) is 11.5 Å². The monoisotopic (exact) mass is 480 g/mol. The molecule has 4 aromatic rings. The molecule has 3 N–H and O–H groups in total. The number of nitrogens with zero attached hydrogens (tertiary/aromatic N) is 4. The van der Waals surface area contributed by atoms with Gasteiger partial charge in [-0.2, -0.15) is 5.10 Å². The predicted octanol–water partition coefficient (Wildman–Crippen LogP) is 4.16. The van der Waals surface area contributed by atoms with E-state index in [0.717, 1.165) is 60.0 Å². The van der Waals surface area contributed by atoms with Crippen LogP contribution < -0.4 is 20.7 Å². The number of ether oxygens (including phenoxy) is 1. The lowest BCUT2D eigenvalue weighted by Crippen LogP contribution is -2.43. The topological polar surface area (TPSA) is 81.2 Å². The lowest BCUT2D eigenvalue weighted by molar-refractivity contribution is 0.416. The Bertz CT molecular complexity index is 1290. The van der Waals surface area contributed by atoms with Crippen LogP contribution in [0.4, 0.5) is 15.9 Å². The molecule has 1 fully saturated rings. The molecule has 0 spiro atoms. The first kappa shape index (κ1) is 23.5. The molecule has 0 atom stereocenters. The van der Waals surface area contributed by atoms with E-state index >= 15 is 0 Å². The molecule has 9 heteroatoms. The highest BCUT2D eigenvalue weighted by Crippen LogP contribution is 2.40. The molecule has 2 aromatic heterocycles. The van der Waals surface area contributed by atoms with Crippen LogP contribution in [0.3, 0.4) is 0 Å². The second kappa shape index (κ2) is 10.1. The van der Waals surface area contributed by atoms with Crippen LogP contribution in [0.15, 0.2) is 67.0 Å². The van der Waals surface area contributed by atoms with Crippen LogP contribution in [0.5, 0.6) is 5.75 Å². The number of aromatic nitrogens is 3.